The maximum absolute atomic E-state index is 11.9. The average Bonchev–Trinajstić information content (AvgIpc) is 3.16. The van der Waals surface area contributed by atoms with Gasteiger partial charge in [0.05, 0.1) is 26.9 Å². The van der Waals surface area contributed by atoms with Gasteiger partial charge in [0.15, 0.2) is 11.5 Å². The molecule has 0 saturated heterocycles. The Balaban J connectivity index is 0.00000200. The summed E-state index contributed by atoms with van der Waals surface area (Å²) in [5.41, 5.74) is 5.68. The third-order valence-corrected chi connectivity index (χ3v) is 3.16. The van der Waals surface area contributed by atoms with Crippen LogP contribution in [0.4, 0.5) is 5.69 Å². The Bertz CT molecular complexity index is 478. The first-order valence-electron chi connectivity index (χ1n) is 5.94. The quantitative estimate of drug-likeness (QED) is 0.862. The number of anilines is 1. The highest BCUT2D eigenvalue weighted by atomic mass is 35.5. The largest absolute Gasteiger partial charge is 0.493 e. The molecule has 0 radical (unpaired) electrons. The van der Waals surface area contributed by atoms with Crippen molar-refractivity contribution in [1.82, 2.24) is 0 Å². The number of amides is 1. The zero-order valence-electron chi connectivity index (χ0n) is 11.7. The molecule has 0 atom stereocenters. The van der Waals surface area contributed by atoms with E-state index in [1.807, 2.05) is 0 Å². The molecule has 2 rings (SSSR count). The van der Waals surface area contributed by atoms with Crippen molar-refractivity contribution in [1.29, 1.82) is 0 Å². The van der Waals surface area contributed by atoms with Crippen LogP contribution in [0.2, 0.25) is 0 Å². The van der Waals surface area contributed by atoms with E-state index in [1.54, 1.807) is 12.1 Å². The number of halogens is 1. The number of ether oxygens (including phenoxy) is 3. The number of carbonyl (C=O) groups is 1. The molecule has 0 aromatic heterocycles. The molecule has 20 heavy (non-hydrogen) atoms. The molecule has 0 heterocycles. The van der Waals surface area contributed by atoms with Gasteiger partial charge in [0.25, 0.3) is 0 Å². The van der Waals surface area contributed by atoms with Gasteiger partial charge in [-0.25, -0.2) is 0 Å². The molecule has 1 aromatic rings. The lowest BCUT2D eigenvalue weighted by atomic mass is 10.2. The molecule has 3 N–H and O–H groups in total. The van der Waals surface area contributed by atoms with E-state index in [9.17, 15) is 4.79 Å². The number of benzene rings is 1. The summed E-state index contributed by atoms with van der Waals surface area (Å²) in [4.78, 5) is 11.9. The number of rotatable bonds is 5. The fourth-order valence-corrected chi connectivity index (χ4v) is 1.77. The molecule has 112 valence electrons. The van der Waals surface area contributed by atoms with Crippen LogP contribution in [0.25, 0.3) is 0 Å². The molecule has 1 fully saturated rings. The fraction of sp³-hybridized carbons (Fsp3) is 0.462. The minimum Gasteiger partial charge on any atom is -0.493 e. The monoisotopic (exact) mass is 302 g/mol. The van der Waals surface area contributed by atoms with Gasteiger partial charge in [0.2, 0.25) is 11.7 Å². The van der Waals surface area contributed by atoms with Gasteiger partial charge in [0.1, 0.15) is 0 Å². The normalized spacial score (nSPS) is 14.8. The molecule has 7 heteroatoms. The molecular formula is C13H19ClN2O4. The van der Waals surface area contributed by atoms with Crippen LogP contribution in [0.3, 0.4) is 0 Å². The number of methoxy groups -OCH3 is 3. The van der Waals surface area contributed by atoms with Crippen molar-refractivity contribution in [2.45, 2.75) is 18.4 Å². The van der Waals surface area contributed by atoms with Crippen LogP contribution in [0.1, 0.15) is 12.8 Å². The molecular weight excluding hydrogens is 284 g/mol. The zero-order valence-corrected chi connectivity index (χ0v) is 12.5. The van der Waals surface area contributed by atoms with E-state index in [0.717, 1.165) is 0 Å². The summed E-state index contributed by atoms with van der Waals surface area (Å²) < 4.78 is 15.6. The third-order valence-electron chi connectivity index (χ3n) is 3.16. The number of nitrogens with two attached hydrogens (primary N) is 1. The molecule has 0 unspecified atom stereocenters. The molecule has 1 aliphatic rings. The second kappa shape index (κ2) is 6.19. The Labute approximate surface area is 124 Å². The van der Waals surface area contributed by atoms with Crippen molar-refractivity contribution in [3.8, 4) is 17.2 Å². The first-order valence-corrected chi connectivity index (χ1v) is 5.94. The van der Waals surface area contributed by atoms with Crippen molar-refractivity contribution in [3.05, 3.63) is 12.1 Å². The third kappa shape index (κ3) is 3.08. The predicted molar refractivity (Wildman–Crippen MR) is 78.1 cm³/mol. The molecule has 0 aliphatic heterocycles. The van der Waals surface area contributed by atoms with E-state index >= 15 is 0 Å². The number of hydrogen-bond acceptors (Lipinski definition) is 5. The average molecular weight is 303 g/mol. The molecule has 1 aromatic carbocycles. The summed E-state index contributed by atoms with van der Waals surface area (Å²) in [6.07, 6.45) is 1.42. The van der Waals surface area contributed by atoms with Gasteiger partial charge in [-0.1, -0.05) is 0 Å². The van der Waals surface area contributed by atoms with E-state index < -0.39 is 5.54 Å². The molecule has 1 saturated carbocycles. The summed E-state index contributed by atoms with van der Waals surface area (Å²) in [5, 5.41) is 2.77. The fourth-order valence-electron chi connectivity index (χ4n) is 1.77. The zero-order chi connectivity index (χ0) is 14.0. The molecule has 1 amide bonds. The van der Waals surface area contributed by atoms with Crippen LogP contribution in [0.15, 0.2) is 12.1 Å². The Morgan fingerprint density at radius 3 is 2.00 bits per heavy atom. The maximum atomic E-state index is 11.9. The topological polar surface area (TPSA) is 82.8 Å². The summed E-state index contributed by atoms with van der Waals surface area (Å²) in [6.45, 7) is 0. The van der Waals surface area contributed by atoms with Crippen LogP contribution < -0.4 is 25.3 Å². The van der Waals surface area contributed by atoms with Gasteiger partial charge in [0, 0.05) is 17.8 Å². The van der Waals surface area contributed by atoms with Crippen molar-refractivity contribution in [2.75, 3.05) is 26.6 Å². The number of carbonyl (C=O) groups excluding carboxylic acids is 1. The summed E-state index contributed by atoms with van der Waals surface area (Å²) in [7, 11) is 4.57. The first-order chi connectivity index (χ1) is 9.04. The van der Waals surface area contributed by atoms with Crippen LogP contribution in [-0.2, 0) is 4.79 Å². The van der Waals surface area contributed by atoms with Crippen molar-refractivity contribution >= 4 is 24.0 Å². The lowest BCUT2D eigenvalue weighted by Gasteiger charge is -2.15. The SMILES string of the molecule is COc1cc(NC(=O)C2(N)CC2)cc(OC)c1OC.Cl. The second-order valence-corrected chi connectivity index (χ2v) is 4.52. The molecule has 6 nitrogen and oxygen atoms in total. The van der Waals surface area contributed by atoms with Crippen LogP contribution >= 0.6 is 12.4 Å². The highest BCUT2D eigenvalue weighted by Gasteiger charge is 2.46. The van der Waals surface area contributed by atoms with E-state index in [2.05, 4.69) is 5.32 Å². The molecule has 1 aliphatic carbocycles. The van der Waals surface area contributed by atoms with Gasteiger partial charge in [-0.2, -0.15) is 0 Å². The highest BCUT2D eigenvalue weighted by molar-refractivity contribution is 6.00. The lowest BCUT2D eigenvalue weighted by molar-refractivity contribution is -0.118. The number of nitrogens with one attached hydrogen (secondary N) is 1. The second-order valence-electron chi connectivity index (χ2n) is 4.52. The van der Waals surface area contributed by atoms with E-state index in [4.69, 9.17) is 19.9 Å². The highest BCUT2D eigenvalue weighted by Crippen LogP contribution is 2.40. The van der Waals surface area contributed by atoms with E-state index in [0.29, 0.717) is 35.8 Å². The first kappa shape index (κ1) is 16.4. The predicted octanol–water partition coefficient (Wildman–Crippen LogP) is 1.56. The summed E-state index contributed by atoms with van der Waals surface area (Å²) in [5.74, 6) is 1.26. The van der Waals surface area contributed by atoms with Crippen LogP contribution in [-0.4, -0.2) is 32.8 Å². The van der Waals surface area contributed by atoms with Crippen molar-refractivity contribution in [2.24, 2.45) is 5.73 Å². The lowest BCUT2D eigenvalue weighted by Crippen LogP contribution is -2.37. The molecule has 0 bridgehead atoms. The van der Waals surface area contributed by atoms with Crippen LogP contribution in [0.5, 0.6) is 17.2 Å². The van der Waals surface area contributed by atoms with E-state index in [-0.39, 0.29) is 18.3 Å². The van der Waals surface area contributed by atoms with Gasteiger partial charge in [-0.15, -0.1) is 12.4 Å². The van der Waals surface area contributed by atoms with Crippen molar-refractivity contribution < 1.29 is 19.0 Å². The van der Waals surface area contributed by atoms with Crippen LogP contribution in [0, 0.1) is 0 Å². The van der Waals surface area contributed by atoms with Gasteiger partial charge >= 0.3 is 0 Å². The summed E-state index contributed by atoms with van der Waals surface area (Å²) in [6, 6.07) is 3.34. The Morgan fingerprint density at radius 2 is 1.65 bits per heavy atom. The Hall–Kier alpha value is -1.66. The summed E-state index contributed by atoms with van der Waals surface area (Å²) >= 11 is 0. The Morgan fingerprint density at radius 1 is 1.15 bits per heavy atom. The smallest absolute Gasteiger partial charge is 0.244 e. The molecule has 0 spiro atoms. The standard InChI is InChI=1S/C13H18N2O4.ClH/c1-17-9-6-8(7-10(18-2)11(9)19-3)15-12(16)13(14)4-5-13;/h6-7H,4-5,14H2,1-3H3,(H,15,16);1H. The van der Waals surface area contributed by atoms with Gasteiger partial charge in [-0.05, 0) is 12.8 Å². The van der Waals surface area contributed by atoms with E-state index in [1.165, 1.54) is 21.3 Å². The Kier molecular flexibility index (Phi) is 5.08. The van der Waals surface area contributed by atoms with Crippen molar-refractivity contribution in [3.63, 3.8) is 0 Å². The number of hydrogen-bond donors (Lipinski definition) is 2. The van der Waals surface area contributed by atoms with Gasteiger partial charge in [-0.3, -0.25) is 4.79 Å². The minimum atomic E-state index is -0.722. The van der Waals surface area contributed by atoms with Gasteiger partial charge < -0.3 is 25.3 Å². The minimum absolute atomic E-state index is 0. The maximum Gasteiger partial charge on any atom is 0.244 e.